The first kappa shape index (κ1) is 17.1. The third-order valence-electron chi connectivity index (χ3n) is 4.61. The fourth-order valence-corrected chi connectivity index (χ4v) is 3.11. The van der Waals surface area contributed by atoms with E-state index in [0.29, 0.717) is 23.8 Å². The van der Waals surface area contributed by atoms with E-state index in [1.54, 1.807) is 29.4 Å². The molecular weight excluding hydrogens is 346 g/mol. The Bertz CT molecular complexity index is 944. The molecule has 2 amide bonds. The molecule has 2 aromatic heterocycles. The fraction of sp³-hybridized carbons (Fsp3) is 0.250. The van der Waals surface area contributed by atoms with Crippen molar-refractivity contribution in [1.29, 1.82) is 0 Å². The van der Waals surface area contributed by atoms with Crippen molar-refractivity contribution in [3.05, 3.63) is 60.0 Å². The first-order chi connectivity index (χ1) is 13.1. The van der Waals surface area contributed by atoms with E-state index < -0.39 is 0 Å². The Morgan fingerprint density at radius 1 is 1.26 bits per heavy atom. The second-order valence-electron chi connectivity index (χ2n) is 6.62. The number of benzene rings is 1. The molecule has 0 bridgehead atoms. The van der Waals surface area contributed by atoms with E-state index >= 15 is 0 Å². The van der Waals surface area contributed by atoms with Crippen molar-refractivity contribution in [2.75, 3.05) is 11.4 Å². The number of aryl methyl sites for hydroxylation is 1. The second kappa shape index (κ2) is 7.11. The lowest BCUT2D eigenvalue weighted by Gasteiger charge is -2.16. The lowest BCUT2D eigenvalue weighted by atomic mass is 10.1. The Balaban J connectivity index is 1.35. The van der Waals surface area contributed by atoms with Crippen LogP contribution >= 0.6 is 0 Å². The molecule has 1 saturated heterocycles. The van der Waals surface area contributed by atoms with Gasteiger partial charge in [-0.3, -0.25) is 9.59 Å². The summed E-state index contributed by atoms with van der Waals surface area (Å²) in [7, 11) is 0. The summed E-state index contributed by atoms with van der Waals surface area (Å²) in [5.74, 6) is 0.498. The van der Waals surface area contributed by atoms with Gasteiger partial charge in [0.1, 0.15) is 5.69 Å². The zero-order valence-electron chi connectivity index (χ0n) is 14.8. The van der Waals surface area contributed by atoms with Crippen LogP contribution in [0.15, 0.2) is 57.7 Å². The van der Waals surface area contributed by atoms with Crippen LogP contribution < -0.4 is 10.2 Å². The van der Waals surface area contributed by atoms with Gasteiger partial charge in [-0.05, 0) is 31.2 Å². The van der Waals surface area contributed by atoms with Crippen LogP contribution in [0.4, 0.5) is 5.69 Å². The molecule has 1 atom stereocenters. The average Bonchev–Trinajstić information content (AvgIpc) is 3.41. The normalized spacial score (nSPS) is 16.7. The molecule has 3 heterocycles. The lowest BCUT2D eigenvalue weighted by Crippen LogP contribution is -2.32. The topological polar surface area (TPSA) is 88.6 Å². The van der Waals surface area contributed by atoms with E-state index in [0.717, 1.165) is 11.3 Å². The van der Waals surface area contributed by atoms with Crippen molar-refractivity contribution < 1.29 is 18.5 Å². The zero-order valence-corrected chi connectivity index (χ0v) is 14.8. The number of amides is 2. The second-order valence-corrected chi connectivity index (χ2v) is 6.62. The lowest BCUT2D eigenvalue weighted by molar-refractivity contribution is -0.126. The number of furan rings is 1. The van der Waals surface area contributed by atoms with Crippen LogP contribution in [-0.2, 0) is 16.1 Å². The van der Waals surface area contributed by atoms with Gasteiger partial charge < -0.3 is 19.2 Å². The van der Waals surface area contributed by atoms with E-state index in [-0.39, 0.29) is 30.7 Å². The minimum Gasteiger partial charge on any atom is -0.461 e. The molecular formula is C20H19N3O4. The van der Waals surface area contributed by atoms with Crippen LogP contribution in [0.2, 0.25) is 0 Å². The largest absolute Gasteiger partial charge is 0.461 e. The predicted molar refractivity (Wildman–Crippen MR) is 97.7 cm³/mol. The molecule has 7 nitrogen and oxygen atoms in total. The van der Waals surface area contributed by atoms with Crippen LogP contribution in [-0.4, -0.2) is 23.5 Å². The molecule has 0 radical (unpaired) electrons. The van der Waals surface area contributed by atoms with E-state index in [1.807, 2.05) is 31.2 Å². The molecule has 1 N–H and O–H groups in total. The van der Waals surface area contributed by atoms with Gasteiger partial charge >= 0.3 is 0 Å². The van der Waals surface area contributed by atoms with Crippen LogP contribution in [0, 0.1) is 12.8 Å². The van der Waals surface area contributed by atoms with Gasteiger partial charge in [0.15, 0.2) is 5.76 Å². The summed E-state index contributed by atoms with van der Waals surface area (Å²) in [6.07, 6.45) is 1.76. The molecule has 0 spiro atoms. The zero-order chi connectivity index (χ0) is 18.8. The fourth-order valence-electron chi connectivity index (χ4n) is 3.11. The smallest absolute Gasteiger partial charge is 0.227 e. The molecule has 0 saturated carbocycles. The van der Waals surface area contributed by atoms with Gasteiger partial charge in [-0.1, -0.05) is 22.9 Å². The van der Waals surface area contributed by atoms with Gasteiger partial charge in [0.25, 0.3) is 0 Å². The minimum atomic E-state index is -0.379. The third-order valence-corrected chi connectivity index (χ3v) is 4.61. The maximum atomic E-state index is 12.5. The summed E-state index contributed by atoms with van der Waals surface area (Å²) in [5, 5.41) is 6.76. The van der Waals surface area contributed by atoms with Gasteiger partial charge in [-0.25, -0.2) is 0 Å². The van der Waals surface area contributed by atoms with E-state index in [4.69, 9.17) is 8.94 Å². The van der Waals surface area contributed by atoms with Gasteiger partial charge in [-0.15, -0.1) is 0 Å². The molecule has 1 fully saturated rings. The molecule has 1 unspecified atom stereocenters. The number of hydrogen-bond acceptors (Lipinski definition) is 5. The van der Waals surface area contributed by atoms with E-state index in [9.17, 15) is 9.59 Å². The molecule has 4 rings (SSSR count). The highest BCUT2D eigenvalue weighted by atomic mass is 16.5. The van der Waals surface area contributed by atoms with Crippen molar-refractivity contribution >= 4 is 17.5 Å². The van der Waals surface area contributed by atoms with Crippen LogP contribution in [0.1, 0.15) is 17.7 Å². The molecule has 7 heteroatoms. The summed E-state index contributed by atoms with van der Waals surface area (Å²) in [6, 6.07) is 13.0. The summed E-state index contributed by atoms with van der Waals surface area (Å²) in [5.41, 5.74) is 2.54. The Kier molecular flexibility index (Phi) is 4.50. The summed E-state index contributed by atoms with van der Waals surface area (Å²) in [6.45, 7) is 2.61. The molecule has 3 aromatic rings. The van der Waals surface area contributed by atoms with Gasteiger partial charge in [0, 0.05) is 24.7 Å². The van der Waals surface area contributed by atoms with E-state index in [1.165, 1.54) is 0 Å². The van der Waals surface area contributed by atoms with Crippen molar-refractivity contribution in [3.63, 3.8) is 0 Å². The monoisotopic (exact) mass is 365 g/mol. The van der Waals surface area contributed by atoms with Crippen LogP contribution in [0.3, 0.4) is 0 Å². The number of carbonyl (C=O) groups excluding carboxylic acids is 2. The number of carbonyl (C=O) groups is 2. The summed E-state index contributed by atoms with van der Waals surface area (Å²) in [4.78, 5) is 26.4. The number of aromatic nitrogens is 1. The van der Waals surface area contributed by atoms with Crippen molar-refractivity contribution in [3.8, 4) is 11.5 Å². The Hall–Kier alpha value is -3.35. The van der Waals surface area contributed by atoms with Crippen LogP contribution in [0.25, 0.3) is 11.5 Å². The molecule has 1 aliphatic heterocycles. The molecule has 138 valence electrons. The highest BCUT2D eigenvalue weighted by Gasteiger charge is 2.35. The summed E-state index contributed by atoms with van der Waals surface area (Å²) < 4.78 is 10.5. The summed E-state index contributed by atoms with van der Waals surface area (Å²) >= 11 is 0. The number of hydrogen-bond donors (Lipinski definition) is 1. The SMILES string of the molecule is Cc1ccc(N2CC(C(=O)NCc3cc(-c4ccco4)on3)CC2=O)cc1. The van der Waals surface area contributed by atoms with Crippen molar-refractivity contribution in [2.24, 2.45) is 5.92 Å². The number of anilines is 1. The number of rotatable bonds is 5. The first-order valence-electron chi connectivity index (χ1n) is 8.74. The van der Waals surface area contributed by atoms with Crippen molar-refractivity contribution in [1.82, 2.24) is 10.5 Å². The van der Waals surface area contributed by atoms with Crippen molar-refractivity contribution in [2.45, 2.75) is 19.9 Å². The molecule has 0 aliphatic carbocycles. The third kappa shape index (κ3) is 3.62. The first-order valence-corrected chi connectivity index (χ1v) is 8.74. The Labute approximate surface area is 155 Å². The van der Waals surface area contributed by atoms with Gasteiger partial charge in [-0.2, -0.15) is 0 Å². The maximum Gasteiger partial charge on any atom is 0.227 e. The highest BCUT2D eigenvalue weighted by molar-refractivity contribution is 6.00. The molecule has 27 heavy (non-hydrogen) atoms. The Morgan fingerprint density at radius 3 is 2.81 bits per heavy atom. The van der Waals surface area contributed by atoms with E-state index in [2.05, 4.69) is 10.5 Å². The number of nitrogens with zero attached hydrogens (tertiary/aromatic N) is 2. The minimum absolute atomic E-state index is 0.0412. The van der Waals surface area contributed by atoms with Gasteiger partial charge in [0.05, 0.1) is 18.7 Å². The van der Waals surface area contributed by atoms with Crippen LogP contribution in [0.5, 0.6) is 0 Å². The quantitative estimate of drug-likeness (QED) is 0.751. The molecule has 1 aliphatic rings. The highest BCUT2D eigenvalue weighted by Crippen LogP contribution is 2.26. The Morgan fingerprint density at radius 2 is 2.07 bits per heavy atom. The average molecular weight is 365 g/mol. The van der Waals surface area contributed by atoms with Gasteiger partial charge in [0.2, 0.25) is 17.6 Å². The maximum absolute atomic E-state index is 12.5. The standard InChI is InChI=1S/C20H19N3O4/c1-13-4-6-16(7-5-13)23-12-14(9-19(23)24)20(25)21-11-15-10-18(27-22-15)17-3-2-8-26-17/h2-8,10,14H,9,11-12H2,1H3,(H,21,25). The predicted octanol–water partition coefficient (Wildman–Crippen LogP) is 2.91. The molecule has 1 aromatic carbocycles. The number of nitrogens with one attached hydrogen (secondary N) is 1.